The molecular weight excluding hydrogens is 402 g/mol. The van der Waals surface area contributed by atoms with Gasteiger partial charge < -0.3 is 28.6 Å². The topological polar surface area (TPSA) is 98.4 Å². The SMILES string of the molecule is COc1cc([C@H]2c3c(oc4ccc(C)cc4c3=O)C(=O)N2CCO)cc(OC)c1OC. The van der Waals surface area contributed by atoms with Crippen LogP contribution >= 0.6 is 0 Å². The maximum Gasteiger partial charge on any atom is 0.290 e. The largest absolute Gasteiger partial charge is 0.493 e. The minimum atomic E-state index is -0.774. The molecule has 8 heteroatoms. The number of fused-ring (bicyclic) bond motifs is 2. The number of hydrogen-bond donors (Lipinski definition) is 1. The average molecular weight is 425 g/mol. The molecule has 1 aromatic heterocycles. The molecule has 1 amide bonds. The molecule has 3 aromatic rings. The van der Waals surface area contributed by atoms with E-state index in [2.05, 4.69) is 0 Å². The molecule has 0 spiro atoms. The predicted molar refractivity (Wildman–Crippen MR) is 113 cm³/mol. The molecule has 4 rings (SSSR count). The van der Waals surface area contributed by atoms with Crippen molar-refractivity contribution in [2.75, 3.05) is 34.5 Å². The van der Waals surface area contributed by atoms with Crippen LogP contribution in [0.4, 0.5) is 0 Å². The lowest BCUT2D eigenvalue weighted by atomic mass is 9.97. The molecule has 1 atom stereocenters. The van der Waals surface area contributed by atoms with Crippen molar-refractivity contribution < 1.29 is 28.5 Å². The summed E-state index contributed by atoms with van der Waals surface area (Å²) in [6, 6.07) is 7.86. The van der Waals surface area contributed by atoms with Crippen LogP contribution in [0.1, 0.15) is 33.3 Å². The highest BCUT2D eigenvalue weighted by molar-refractivity contribution is 5.99. The molecule has 8 nitrogen and oxygen atoms in total. The Kier molecular flexibility index (Phi) is 5.32. The molecule has 0 saturated heterocycles. The van der Waals surface area contributed by atoms with Gasteiger partial charge in [0.15, 0.2) is 16.9 Å². The first-order valence-electron chi connectivity index (χ1n) is 9.74. The lowest BCUT2D eigenvalue weighted by Crippen LogP contribution is -2.32. The number of ether oxygens (including phenoxy) is 3. The van der Waals surface area contributed by atoms with E-state index in [-0.39, 0.29) is 29.9 Å². The number of aliphatic hydroxyl groups is 1. The number of amides is 1. The van der Waals surface area contributed by atoms with Crippen LogP contribution in [0.25, 0.3) is 11.0 Å². The number of rotatable bonds is 6. The Hall–Kier alpha value is -3.52. The van der Waals surface area contributed by atoms with Gasteiger partial charge in [-0.3, -0.25) is 9.59 Å². The van der Waals surface area contributed by atoms with Crippen LogP contribution in [0, 0.1) is 6.92 Å². The Morgan fingerprint density at radius 3 is 2.29 bits per heavy atom. The predicted octanol–water partition coefficient (Wildman–Crippen LogP) is 2.66. The molecule has 0 unspecified atom stereocenters. The molecule has 2 heterocycles. The third kappa shape index (κ3) is 3.19. The van der Waals surface area contributed by atoms with Gasteiger partial charge in [-0.1, -0.05) is 11.6 Å². The highest BCUT2D eigenvalue weighted by atomic mass is 16.5. The maximum absolute atomic E-state index is 13.5. The number of hydrogen-bond acceptors (Lipinski definition) is 7. The molecule has 0 radical (unpaired) electrons. The van der Waals surface area contributed by atoms with E-state index < -0.39 is 11.9 Å². The molecule has 162 valence electrons. The minimum absolute atomic E-state index is 0.0199. The van der Waals surface area contributed by atoms with Crippen LogP contribution in [0.5, 0.6) is 17.2 Å². The summed E-state index contributed by atoms with van der Waals surface area (Å²) in [5.74, 6) is 0.703. The Balaban J connectivity index is 2.02. The van der Waals surface area contributed by atoms with Gasteiger partial charge in [0.05, 0.1) is 44.9 Å². The van der Waals surface area contributed by atoms with Gasteiger partial charge in [0, 0.05) is 6.54 Å². The summed E-state index contributed by atoms with van der Waals surface area (Å²) in [6.45, 7) is 1.64. The third-order valence-electron chi connectivity index (χ3n) is 5.46. The lowest BCUT2D eigenvalue weighted by molar-refractivity contribution is 0.0691. The summed E-state index contributed by atoms with van der Waals surface area (Å²) in [6.07, 6.45) is 0. The van der Waals surface area contributed by atoms with E-state index >= 15 is 0 Å². The smallest absolute Gasteiger partial charge is 0.290 e. The molecule has 0 fully saturated rings. The standard InChI is InChI=1S/C23H23NO7/c1-12-5-6-15-14(9-12)20(26)18-19(24(7-8-25)23(27)22(18)31-15)13-10-16(28-2)21(30-4)17(11-13)29-3/h5-6,9-11,19,25H,7-8H2,1-4H3/t19-/m0/s1. The van der Waals surface area contributed by atoms with E-state index in [0.717, 1.165) is 5.56 Å². The Morgan fingerprint density at radius 1 is 1.03 bits per heavy atom. The molecule has 0 bridgehead atoms. The van der Waals surface area contributed by atoms with Crippen molar-refractivity contribution in [1.29, 1.82) is 0 Å². The summed E-state index contributed by atoms with van der Waals surface area (Å²) in [7, 11) is 4.48. The second-order valence-corrected chi connectivity index (χ2v) is 7.26. The number of aryl methyl sites for hydroxylation is 1. The first-order chi connectivity index (χ1) is 14.9. The molecule has 31 heavy (non-hydrogen) atoms. The van der Waals surface area contributed by atoms with E-state index in [0.29, 0.717) is 33.8 Å². The van der Waals surface area contributed by atoms with E-state index in [1.165, 1.54) is 26.2 Å². The first kappa shape index (κ1) is 20.7. The molecule has 1 aliphatic heterocycles. The van der Waals surface area contributed by atoms with Crippen LogP contribution in [0.2, 0.25) is 0 Å². The summed E-state index contributed by atoms with van der Waals surface area (Å²) < 4.78 is 22.2. The fourth-order valence-electron chi connectivity index (χ4n) is 4.08. The van der Waals surface area contributed by atoms with Crippen LogP contribution in [-0.2, 0) is 0 Å². The van der Waals surface area contributed by atoms with Crippen LogP contribution in [0.3, 0.4) is 0 Å². The highest BCUT2D eigenvalue weighted by Gasteiger charge is 2.43. The fourth-order valence-corrected chi connectivity index (χ4v) is 4.08. The van der Waals surface area contributed by atoms with Crippen molar-refractivity contribution in [3.8, 4) is 17.2 Å². The Morgan fingerprint density at radius 2 is 1.71 bits per heavy atom. The van der Waals surface area contributed by atoms with Crippen molar-refractivity contribution in [2.45, 2.75) is 13.0 Å². The monoisotopic (exact) mass is 425 g/mol. The number of methoxy groups -OCH3 is 3. The maximum atomic E-state index is 13.5. The molecule has 1 aliphatic rings. The van der Waals surface area contributed by atoms with Gasteiger partial charge in [0.2, 0.25) is 11.5 Å². The summed E-state index contributed by atoms with van der Waals surface area (Å²) >= 11 is 0. The summed E-state index contributed by atoms with van der Waals surface area (Å²) in [5, 5.41) is 9.99. The van der Waals surface area contributed by atoms with E-state index in [4.69, 9.17) is 18.6 Å². The zero-order chi connectivity index (χ0) is 22.3. The molecule has 2 aromatic carbocycles. The number of aliphatic hydroxyl groups excluding tert-OH is 1. The zero-order valence-corrected chi connectivity index (χ0v) is 17.7. The second kappa shape index (κ2) is 7.96. The summed E-state index contributed by atoms with van der Waals surface area (Å²) in [5.41, 5.74) is 1.77. The number of β-amino-alcohol motifs (C(OH)–C–C–N with tert-alkyl or cyclic N) is 1. The number of carbonyl (C=O) groups excluding carboxylic acids is 1. The van der Waals surface area contributed by atoms with Gasteiger partial charge in [0.25, 0.3) is 5.91 Å². The fraction of sp³-hybridized carbons (Fsp3) is 0.304. The van der Waals surface area contributed by atoms with E-state index in [1.54, 1.807) is 24.3 Å². The molecule has 1 N–H and O–H groups in total. The van der Waals surface area contributed by atoms with Gasteiger partial charge in [-0.05, 0) is 36.8 Å². The average Bonchev–Trinajstić information content (AvgIpc) is 3.05. The Bertz CT molecular complexity index is 1210. The van der Waals surface area contributed by atoms with E-state index in [1.807, 2.05) is 13.0 Å². The van der Waals surface area contributed by atoms with Gasteiger partial charge in [-0.15, -0.1) is 0 Å². The van der Waals surface area contributed by atoms with E-state index in [9.17, 15) is 14.7 Å². The van der Waals surface area contributed by atoms with Gasteiger partial charge in [-0.25, -0.2) is 0 Å². The first-order valence-corrected chi connectivity index (χ1v) is 9.74. The van der Waals surface area contributed by atoms with Crippen LogP contribution in [0.15, 0.2) is 39.5 Å². The van der Waals surface area contributed by atoms with Crippen molar-refractivity contribution in [3.05, 3.63) is 63.0 Å². The van der Waals surface area contributed by atoms with Gasteiger partial charge in [-0.2, -0.15) is 0 Å². The van der Waals surface area contributed by atoms with Crippen molar-refractivity contribution in [3.63, 3.8) is 0 Å². The number of nitrogens with zero attached hydrogens (tertiary/aromatic N) is 1. The van der Waals surface area contributed by atoms with Crippen molar-refractivity contribution in [1.82, 2.24) is 4.90 Å². The summed E-state index contributed by atoms with van der Waals surface area (Å²) in [4.78, 5) is 28.1. The quantitative estimate of drug-likeness (QED) is 0.648. The molecule has 0 aliphatic carbocycles. The lowest BCUT2D eigenvalue weighted by Gasteiger charge is -2.25. The van der Waals surface area contributed by atoms with Gasteiger partial charge >= 0.3 is 0 Å². The third-order valence-corrected chi connectivity index (χ3v) is 5.46. The zero-order valence-electron chi connectivity index (χ0n) is 17.7. The normalized spacial score (nSPS) is 15.3. The van der Waals surface area contributed by atoms with Gasteiger partial charge in [0.1, 0.15) is 5.58 Å². The minimum Gasteiger partial charge on any atom is -0.493 e. The van der Waals surface area contributed by atoms with Crippen LogP contribution in [-0.4, -0.2) is 50.4 Å². The van der Waals surface area contributed by atoms with Crippen molar-refractivity contribution in [2.24, 2.45) is 0 Å². The second-order valence-electron chi connectivity index (χ2n) is 7.26. The molecule has 0 saturated carbocycles. The highest BCUT2D eigenvalue weighted by Crippen LogP contribution is 2.44. The molecular formula is C23H23NO7. The number of benzene rings is 2. The number of carbonyl (C=O) groups is 1. The van der Waals surface area contributed by atoms with Crippen molar-refractivity contribution >= 4 is 16.9 Å². The van der Waals surface area contributed by atoms with Crippen LogP contribution < -0.4 is 19.6 Å². The Labute approximate surface area is 178 Å².